The van der Waals surface area contributed by atoms with Crippen LogP contribution in [0, 0.1) is 5.82 Å². The van der Waals surface area contributed by atoms with Gasteiger partial charge in [-0.15, -0.1) is 0 Å². The number of anilines is 1. The normalized spacial score (nSPS) is 14.2. The van der Waals surface area contributed by atoms with Crippen LogP contribution in [0.25, 0.3) is 11.1 Å². The number of ether oxygens (including phenoxy) is 1. The number of aromatic nitrogens is 1. The summed E-state index contributed by atoms with van der Waals surface area (Å²) >= 11 is 0. The number of carboxylic acid groups (broad SMARTS) is 1. The number of carbonyl (C=O) groups is 2. The third-order valence-electron chi connectivity index (χ3n) is 5.31. The van der Waals surface area contributed by atoms with Crippen LogP contribution < -0.4 is 5.32 Å². The van der Waals surface area contributed by atoms with Gasteiger partial charge in [-0.2, -0.15) is 13.2 Å². The predicted molar refractivity (Wildman–Crippen MR) is 117 cm³/mol. The number of alkyl halides is 3. The topological polar surface area (TPSA) is 109 Å². The van der Waals surface area contributed by atoms with Crippen molar-refractivity contribution in [3.63, 3.8) is 0 Å². The Balaban J connectivity index is 0.000000429. The van der Waals surface area contributed by atoms with Gasteiger partial charge in [0, 0.05) is 23.6 Å². The van der Waals surface area contributed by atoms with Gasteiger partial charge in [0.25, 0.3) is 0 Å². The molecule has 0 saturated carbocycles. The molecule has 3 aromatic rings. The minimum absolute atomic E-state index is 0.0720. The number of carboxylic acids is 1. The molecule has 0 atom stereocenters. The number of nitrogens with one attached hydrogen (secondary N) is 1. The van der Waals surface area contributed by atoms with Gasteiger partial charge in [0.05, 0.1) is 19.8 Å². The van der Waals surface area contributed by atoms with Crippen molar-refractivity contribution in [2.75, 3.05) is 18.5 Å². The number of carbonyl (C=O) groups excluding carboxylic acids is 1. The standard InChI is InChI=1S/C22H19FN2O3.C2HF3O2/c23-18-5-7-19(8-6-18)25-21(27)22(13-28-14-22)17-3-1-15(2-4-17)20-11-24-10-9-16(20)12-26;3-2(4,5)1(6)7/h1-11,26H,12-14H2,(H,25,27);(H,6,7). The fourth-order valence-corrected chi connectivity index (χ4v) is 3.31. The van der Waals surface area contributed by atoms with Crippen molar-refractivity contribution in [3.8, 4) is 11.1 Å². The second-order valence-corrected chi connectivity index (χ2v) is 7.61. The number of rotatable bonds is 5. The number of aliphatic hydroxyl groups excluding tert-OH is 1. The fourth-order valence-electron chi connectivity index (χ4n) is 3.31. The molecule has 4 rings (SSSR count). The lowest BCUT2D eigenvalue weighted by Gasteiger charge is -2.40. The molecule has 7 nitrogen and oxygen atoms in total. The number of pyridine rings is 1. The van der Waals surface area contributed by atoms with Gasteiger partial charge in [-0.05, 0) is 47.0 Å². The van der Waals surface area contributed by atoms with E-state index in [1.54, 1.807) is 18.5 Å². The summed E-state index contributed by atoms with van der Waals surface area (Å²) in [5, 5.41) is 19.5. The van der Waals surface area contributed by atoms with Gasteiger partial charge >= 0.3 is 12.1 Å². The SMILES string of the molecule is O=C(Nc1ccc(F)cc1)C1(c2ccc(-c3cnccc3CO)cc2)COC1.O=C(O)C(F)(F)F. The molecule has 3 N–H and O–H groups in total. The molecule has 11 heteroatoms. The monoisotopic (exact) mass is 492 g/mol. The maximum atomic E-state index is 13.1. The van der Waals surface area contributed by atoms with E-state index in [0.29, 0.717) is 5.69 Å². The maximum Gasteiger partial charge on any atom is 0.490 e. The van der Waals surface area contributed by atoms with Crippen LogP contribution in [-0.4, -0.2) is 46.5 Å². The number of benzene rings is 2. The summed E-state index contributed by atoms with van der Waals surface area (Å²) in [7, 11) is 0. The molecule has 0 aliphatic carbocycles. The summed E-state index contributed by atoms with van der Waals surface area (Å²) in [6, 6.07) is 15.1. The summed E-state index contributed by atoms with van der Waals surface area (Å²) in [5.74, 6) is -3.30. The first-order valence-electron chi connectivity index (χ1n) is 10.2. The average Bonchev–Trinajstić information content (AvgIpc) is 2.80. The molecule has 1 aliphatic rings. The van der Waals surface area contributed by atoms with Crippen LogP contribution in [0.4, 0.5) is 23.2 Å². The van der Waals surface area contributed by atoms with Crippen molar-refractivity contribution in [2.45, 2.75) is 18.2 Å². The lowest BCUT2D eigenvalue weighted by molar-refractivity contribution is -0.192. The zero-order valence-electron chi connectivity index (χ0n) is 18.1. The quantitative estimate of drug-likeness (QED) is 0.466. The Hall–Kier alpha value is -3.83. The highest BCUT2D eigenvalue weighted by molar-refractivity contribution is 6.00. The van der Waals surface area contributed by atoms with Gasteiger partial charge < -0.3 is 20.3 Å². The zero-order chi connectivity index (χ0) is 25.6. The van der Waals surface area contributed by atoms with Gasteiger partial charge in [0.1, 0.15) is 11.2 Å². The van der Waals surface area contributed by atoms with E-state index in [0.717, 1.165) is 22.3 Å². The second-order valence-electron chi connectivity index (χ2n) is 7.61. The molecule has 0 spiro atoms. The van der Waals surface area contributed by atoms with Crippen molar-refractivity contribution in [1.29, 1.82) is 0 Å². The van der Waals surface area contributed by atoms with E-state index in [4.69, 9.17) is 14.6 Å². The third-order valence-corrected chi connectivity index (χ3v) is 5.31. The van der Waals surface area contributed by atoms with E-state index in [-0.39, 0.29) is 31.5 Å². The van der Waals surface area contributed by atoms with Crippen LogP contribution in [0.5, 0.6) is 0 Å². The van der Waals surface area contributed by atoms with Crippen molar-refractivity contribution < 1.29 is 42.1 Å². The molecule has 0 unspecified atom stereocenters. The molecular formula is C24H20F4N2O5. The zero-order valence-corrected chi connectivity index (χ0v) is 18.1. The second kappa shape index (κ2) is 10.6. The van der Waals surface area contributed by atoms with Gasteiger partial charge in [0.2, 0.25) is 5.91 Å². The van der Waals surface area contributed by atoms with Crippen molar-refractivity contribution in [2.24, 2.45) is 0 Å². The van der Waals surface area contributed by atoms with E-state index >= 15 is 0 Å². The Morgan fingerprint density at radius 1 is 1.03 bits per heavy atom. The first-order chi connectivity index (χ1) is 16.6. The molecule has 0 bridgehead atoms. The largest absolute Gasteiger partial charge is 0.490 e. The summed E-state index contributed by atoms with van der Waals surface area (Å²) in [6.45, 7) is 0.500. The van der Waals surface area contributed by atoms with Crippen molar-refractivity contribution in [3.05, 3.63) is 83.9 Å². The number of aliphatic hydroxyl groups is 1. The molecule has 1 fully saturated rings. The Bertz CT molecular complexity index is 1180. The highest BCUT2D eigenvalue weighted by atomic mass is 19.4. The van der Waals surface area contributed by atoms with Gasteiger partial charge in [0.15, 0.2) is 0 Å². The first kappa shape index (κ1) is 25.8. The van der Waals surface area contributed by atoms with Gasteiger partial charge in [-0.1, -0.05) is 24.3 Å². The molecule has 1 amide bonds. The van der Waals surface area contributed by atoms with E-state index < -0.39 is 17.6 Å². The van der Waals surface area contributed by atoms with E-state index in [1.165, 1.54) is 24.3 Å². The van der Waals surface area contributed by atoms with E-state index in [1.807, 2.05) is 24.3 Å². The average molecular weight is 492 g/mol. The summed E-state index contributed by atoms with van der Waals surface area (Å²) in [5.41, 5.74) is 3.16. The van der Waals surface area contributed by atoms with Gasteiger partial charge in [-0.3, -0.25) is 9.78 Å². The molecule has 184 valence electrons. The molecular weight excluding hydrogens is 472 g/mol. The summed E-state index contributed by atoms with van der Waals surface area (Å²) in [6.07, 6.45) is -1.73. The lowest BCUT2D eigenvalue weighted by atomic mass is 9.77. The van der Waals surface area contributed by atoms with Crippen LogP contribution in [0.2, 0.25) is 0 Å². The molecule has 1 saturated heterocycles. The van der Waals surface area contributed by atoms with Crippen molar-refractivity contribution in [1.82, 2.24) is 4.98 Å². The molecule has 1 aromatic heterocycles. The highest BCUT2D eigenvalue weighted by Gasteiger charge is 2.47. The smallest absolute Gasteiger partial charge is 0.475 e. The summed E-state index contributed by atoms with van der Waals surface area (Å²) in [4.78, 5) is 26.0. The number of amides is 1. The number of hydrogen-bond donors (Lipinski definition) is 3. The Morgan fingerprint density at radius 3 is 2.11 bits per heavy atom. The first-order valence-corrected chi connectivity index (χ1v) is 10.2. The summed E-state index contributed by atoms with van der Waals surface area (Å²) < 4.78 is 50.2. The minimum atomic E-state index is -5.08. The van der Waals surface area contributed by atoms with E-state index in [2.05, 4.69) is 10.3 Å². The number of halogens is 4. The third kappa shape index (κ3) is 6.00. The van der Waals surface area contributed by atoms with Crippen molar-refractivity contribution >= 4 is 17.6 Å². The molecule has 35 heavy (non-hydrogen) atoms. The van der Waals surface area contributed by atoms with E-state index in [9.17, 15) is 27.5 Å². The maximum absolute atomic E-state index is 13.1. The minimum Gasteiger partial charge on any atom is -0.475 e. The lowest BCUT2D eigenvalue weighted by Crippen LogP contribution is -2.55. The molecule has 2 aromatic carbocycles. The number of hydrogen-bond acceptors (Lipinski definition) is 5. The highest BCUT2D eigenvalue weighted by Crippen LogP contribution is 2.35. The van der Waals surface area contributed by atoms with Crippen LogP contribution >= 0.6 is 0 Å². The van der Waals surface area contributed by atoms with Gasteiger partial charge in [-0.25, -0.2) is 9.18 Å². The van der Waals surface area contributed by atoms with Crippen LogP contribution in [0.3, 0.4) is 0 Å². The fraction of sp³-hybridized carbons (Fsp3) is 0.208. The Morgan fingerprint density at radius 2 is 1.63 bits per heavy atom. The number of aliphatic carboxylic acids is 1. The Labute approximate surface area is 197 Å². The van der Waals surface area contributed by atoms with Crippen LogP contribution in [-0.2, 0) is 26.3 Å². The number of nitrogens with zero attached hydrogens (tertiary/aromatic N) is 1. The molecule has 2 heterocycles. The molecule has 0 radical (unpaired) electrons. The Kier molecular flexibility index (Phi) is 7.82. The predicted octanol–water partition coefficient (Wildman–Crippen LogP) is 3.92. The van der Waals surface area contributed by atoms with Crippen LogP contribution in [0.1, 0.15) is 11.1 Å². The molecule has 1 aliphatic heterocycles. The van der Waals surface area contributed by atoms with Crippen LogP contribution in [0.15, 0.2) is 67.0 Å².